The molecule has 0 N–H and O–H groups in total. The molecule has 4 saturated carbocycles. The van der Waals surface area contributed by atoms with Crippen LogP contribution in [0.4, 0.5) is 0 Å². The van der Waals surface area contributed by atoms with Crippen LogP contribution >= 0.6 is 0 Å². The van der Waals surface area contributed by atoms with E-state index in [-0.39, 0.29) is 5.41 Å². The topological polar surface area (TPSA) is 20.3 Å². The Hall–Kier alpha value is -0.530. The summed E-state index contributed by atoms with van der Waals surface area (Å²) in [7, 11) is 2.07. The predicted octanol–water partition coefficient (Wildman–Crippen LogP) is 3.71. The van der Waals surface area contributed by atoms with E-state index in [1.807, 2.05) is 0 Å². The van der Waals surface area contributed by atoms with Crippen LogP contribution in [0.25, 0.3) is 0 Å². The molecule has 0 spiro atoms. The van der Waals surface area contributed by atoms with Crippen molar-refractivity contribution in [1.29, 1.82) is 0 Å². The van der Waals surface area contributed by atoms with Gasteiger partial charge < -0.3 is 4.90 Å². The molecule has 4 bridgehead atoms. The molecule has 0 atom stereocenters. The second-order valence-corrected chi connectivity index (χ2v) is 8.66. The fourth-order valence-electron chi connectivity index (χ4n) is 5.27. The minimum absolute atomic E-state index is 0.108. The molecule has 4 aliphatic rings. The Kier molecular flexibility index (Phi) is 3.18. The molecule has 4 rings (SSSR count). The lowest BCUT2D eigenvalue weighted by Gasteiger charge is -2.56. The van der Waals surface area contributed by atoms with Crippen LogP contribution in [0.2, 0.25) is 0 Å². The summed E-state index contributed by atoms with van der Waals surface area (Å²) in [5.41, 5.74) is 0.108. The lowest BCUT2D eigenvalue weighted by Crippen LogP contribution is -2.56. The van der Waals surface area contributed by atoms with Crippen LogP contribution in [-0.4, -0.2) is 23.9 Å². The Morgan fingerprint density at radius 3 is 1.89 bits per heavy atom. The van der Waals surface area contributed by atoms with Gasteiger partial charge in [-0.1, -0.05) is 20.8 Å². The van der Waals surface area contributed by atoms with Gasteiger partial charge in [-0.25, -0.2) is 0 Å². The van der Waals surface area contributed by atoms with Gasteiger partial charge in [0.05, 0.1) is 0 Å². The summed E-state index contributed by atoms with van der Waals surface area (Å²) >= 11 is 0. The van der Waals surface area contributed by atoms with Crippen LogP contribution in [0, 0.1) is 29.1 Å². The average molecular weight is 263 g/mol. The van der Waals surface area contributed by atoms with Crippen LogP contribution in [0.15, 0.2) is 0 Å². The van der Waals surface area contributed by atoms with Crippen molar-refractivity contribution in [3.05, 3.63) is 0 Å². The number of hydrogen-bond acceptors (Lipinski definition) is 1. The van der Waals surface area contributed by atoms with Crippen LogP contribution in [-0.2, 0) is 4.79 Å². The zero-order chi connectivity index (χ0) is 13.8. The first kappa shape index (κ1) is 13.5. The van der Waals surface area contributed by atoms with E-state index in [4.69, 9.17) is 0 Å². The van der Waals surface area contributed by atoms with E-state index >= 15 is 0 Å². The highest BCUT2D eigenvalue weighted by atomic mass is 16.2. The Bertz CT molecular complexity index is 340. The predicted molar refractivity (Wildman–Crippen MR) is 77.7 cm³/mol. The third-order valence-electron chi connectivity index (χ3n) is 5.70. The van der Waals surface area contributed by atoms with E-state index in [0.29, 0.717) is 18.4 Å². The second kappa shape index (κ2) is 4.49. The van der Waals surface area contributed by atoms with Gasteiger partial charge in [-0.05, 0) is 61.2 Å². The number of nitrogens with zero attached hydrogens (tertiary/aromatic N) is 1. The Morgan fingerprint density at radius 2 is 1.47 bits per heavy atom. The third-order valence-corrected chi connectivity index (χ3v) is 5.70. The fourth-order valence-corrected chi connectivity index (χ4v) is 5.27. The largest absolute Gasteiger partial charge is 0.342 e. The van der Waals surface area contributed by atoms with Crippen molar-refractivity contribution < 1.29 is 4.79 Å². The molecule has 0 aromatic heterocycles. The van der Waals surface area contributed by atoms with E-state index < -0.39 is 0 Å². The molecule has 0 aromatic carbocycles. The summed E-state index contributed by atoms with van der Waals surface area (Å²) in [6.45, 7) is 6.49. The van der Waals surface area contributed by atoms with Crippen molar-refractivity contribution in [3.8, 4) is 0 Å². The van der Waals surface area contributed by atoms with Gasteiger partial charge in [0.25, 0.3) is 0 Å². The molecule has 0 unspecified atom stereocenters. The lowest BCUT2D eigenvalue weighted by atomic mass is 9.54. The molecule has 0 saturated heterocycles. The van der Waals surface area contributed by atoms with Gasteiger partial charge in [0.15, 0.2) is 0 Å². The van der Waals surface area contributed by atoms with Gasteiger partial charge in [0.2, 0.25) is 5.91 Å². The molecule has 2 heteroatoms. The van der Waals surface area contributed by atoms with Gasteiger partial charge in [-0.2, -0.15) is 0 Å². The highest BCUT2D eigenvalue weighted by Crippen LogP contribution is 2.55. The Morgan fingerprint density at radius 1 is 1.00 bits per heavy atom. The zero-order valence-electron chi connectivity index (χ0n) is 13.0. The summed E-state index contributed by atoms with van der Waals surface area (Å²) in [4.78, 5) is 14.6. The van der Waals surface area contributed by atoms with Crippen molar-refractivity contribution in [2.45, 2.75) is 65.3 Å². The van der Waals surface area contributed by atoms with Crippen molar-refractivity contribution in [2.24, 2.45) is 29.1 Å². The summed E-state index contributed by atoms with van der Waals surface area (Å²) in [5, 5.41) is 0. The molecule has 0 radical (unpaired) electrons. The summed E-state index contributed by atoms with van der Waals surface area (Å²) < 4.78 is 0. The summed E-state index contributed by atoms with van der Waals surface area (Å²) in [6.07, 6.45) is 7.75. The van der Waals surface area contributed by atoms with Crippen molar-refractivity contribution in [2.75, 3.05) is 7.05 Å². The summed E-state index contributed by atoms with van der Waals surface area (Å²) in [6, 6.07) is 0.558. The summed E-state index contributed by atoms with van der Waals surface area (Å²) in [5.74, 6) is 3.97. The molecule has 4 fully saturated rings. The van der Waals surface area contributed by atoms with Crippen LogP contribution in [0.1, 0.15) is 59.3 Å². The monoisotopic (exact) mass is 263 g/mol. The molecule has 19 heavy (non-hydrogen) atoms. The fraction of sp³-hybridized carbons (Fsp3) is 0.941. The molecule has 0 aromatic rings. The van der Waals surface area contributed by atoms with E-state index in [2.05, 4.69) is 32.7 Å². The minimum Gasteiger partial charge on any atom is -0.342 e. The molecular formula is C17H29NO. The smallest absolute Gasteiger partial charge is 0.223 e. The average Bonchev–Trinajstić information content (AvgIpc) is 2.24. The van der Waals surface area contributed by atoms with Gasteiger partial charge in [0.1, 0.15) is 0 Å². The Labute approximate surface area is 117 Å². The molecule has 1 amide bonds. The number of hydrogen-bond donors (Lipinski definition) is 0. The number of carbonyl (C=O) groups excluding carboxylic acids is 1. The normalized spacial score (nSPS) is 40.5. The third kappa shape index (κ3) is 2.55. The number of carbonyl (C=O) groups is 1. The van der Waals surface area contributed by atoms with Crippen LogP contribution in [0.5, 0.6) is 0 Å². The van der Waals surface area contributed by atoms with Gasteiger partial charge in [-0.3, -0.25) is 4.79 Å². The standard InChI is InChI=1S/C17H29NO/c1-17(2,3)10-15(19)18(4)16-13-6-11-5-12(8-13)9-14(16)7-11/h11-14,16H,5-10H2,1-4H3. The van der Waals surface area contributed by atoms with Gasteiger partial charge in [-0.15, -0.1) is 0 Å². The minimum atomic E-state index is 0.108. The first-order valence-electron chi connectivity index (χ1n) is 8.09. The highest BCUT2D eigenvalue weighted by Gasteiger charge is 2.50. The van der Waals surface area contributed by atoms with E-state index in [1.54, 1.807) is 0 Å². The van der Waals surface area contributed by atoms with E-state index in [1.165, 1.54) is 32.1 Å². The molecule has 108 valence electrons. The maximum atomic E-state index is 12.5. The van der Waals surface area contributed by atoms with E-state index in [0.717, 1.165) is 23.7 Å². The number of amides is 1. The van der Waals surface area contributed by atoms with E-state index in [9.17, 15) is 4.79 Å². The molecule has 0 aliphatic heterocycles. The SMILES string of the molecule is CN(C(=O)CC(C)(C)C)C1C2CC3CC(C2)CC1C3. The molecule has 2 nitrogen and oxygen atoms in total. The maximum absolute atomic E-state index is 12.5. The van der Waals surface area contributed by atoms with Crippen LogP contribution in [0.3, 0.4) is 0 Å². The maximum Gasteiger partial charge on any atom is 0.223 e. The van der Waals surface area contributed by atoms with Crippen molar-refractivity contribution in [1.82, 2.24) is 4.90 Å². The molecule has 0 heterocycles. The van der Waals surface area contributed by atoms with Gasteiger partial charge >= 0.3 is 0 Å². The van der Waals surface area contributed by atoms with Crippen molar-refractivity contribution in [3.63, 3.8) is 0 Å². The molecule has 4 aliphatic carbocycles. The first-order chi connectivity index (χ1) is 8.83. The number of rotatable bonds is 2. The second-order valence-electron chi connectivity index (χ2n) is 8.66. The Balaban J connectivity index is 1.70. The van der Waals surface area contributed by atoms with Gasteiger partial charge in [0, 0.05) is 19.5 Å². The van der Waals surface area contributed by atoms with Crippen LogP contribution < -0.4 is 0 Å². The molecular weight excluding hydrogens is 234 g/mol. The first-order valence-corrected chi connectivity index (χ1v) is 8.09. The quantitative estimate of drug-likeness (QED) is 0.744. The lowest BCUT2D eigenvalue weighted by molar-refractivity contribution is -0.143. The zero-order valence-corrected chi connectivity index (χ0v) is 13.0. The highest BCUT2D eigenvalue weighted by molar-refractivity contribution is 5.77. The van der Waals surface area contributed by atoms with Crippen molar-refractivity contribution >= 4 is 5.91 Å².